The third kappa shape index (κ3) is 8.77. The van der Waals surface area contributed by atoms with Crippen LogP contribution in [0.25, 0.3) is 0 Å². The van der Waals surface area contributed by atoms with E-state index in [-0.39, 0.29) is 11.9 Å². The molecule has 1 aliphatic rings. The average molecular weight is 443 g/mol. The second-order valence-corrected chi connectivity index (χ2v) is 7.33. The third-order valence-corrected chi connectivity index (χ3v) is 4.94. The molecule has 2 N–H and O–H groups in total. The van der Waals surface area contributed by atoms with Crippen LogP contribution in [0.3, 0.4) is 0 Å². The number of benzene rings is 2. The lowest BCUT2D eigenvalue weighted by atomic mass is 9.96. The highest BCUT2D eigenvalue weighted by Gasteiger charge is 2.25. The Morgan fingerprint density at radius 1 is 0.938 bits per heavy atom. The summed E-state index contributed by atoms with van der Waals surface area (Å²) in [5.41, 5.74) is 2.41. The van der Waals surface area contributed by atoms with E-state index in [9.17, 15) is 4.79 Å². The Hall–Kier alpha value is -3.39. The number of carboxylic acid groups (broad SMARTS) is 2. The molecule has 0 bridgehead atoms. The van der Waals surface area contributed by atoms with Gasteiger partial charge in [-0.15, -0.1) is 0 Å². The Kier molecular flexibility index (Phi) is 10.2. The molecular weight excluding hydrogens is 414 g/mol. The fraction of sp³-hybridized carbons (Fsp3) is 0.375. The smallest absolute Gasteiger partial charge is 0.414 e. The minimum atomic E-state index is -1.82. The van der Waals surface area contributed by atoms with E-state index >= 15 is 0 Å². The Morgan fingerprint density at radius 3 is 2.16 bits per heavy atom. The highest BCUT2D eigenvalue weighted by Crippen LogP contribution is 2.22. The van der Waals surface area contributed by atoms with Crippen molar-refractivity contribution in [2.75, 3.05) is 19.7 Å². The molecule has 8 nitrogen and oxygen atoms in total. The van der Waals surface area contributed by atoms with Crippen molar-refractivity contribution in [3.8, 4) is 5.75 Å². The van der Waals surface area contributed by atoms with Crippen molar-refractivity contribution >= 4 is 17.9 Å². The van der Waals surface area contributed by atoms with Gasteiger partial charge in [-0.1, -0.05) is 42.5 Å². The summed E-state index contributed by atoms with van der Waals surface area (Å²) in [6, 6.07) is 18.5. The van der Waals surface area contributed by atoms with Crippen LogP contribution in [-0.2, 0) is 32.3 Å². The molecule has 0 atom stereocenters. The number of rotatable bonds is 7. The molecule has 1 heterocycles. The number of esters is 1. The highest BCUT2D eigenvalue weighted by atomic mass is 16.5. The van der Waals surface area contributed by atoms with Gasteiger partial charge in [-0.25, -0.2) is 9.59 Å². The van der Waals surface area contributed by atoms with E-state index < -0.39 is 11.9 Å². The average Bonchev–Trinajstić information content (AvgIpc) is 2.80. The molecule has 1 fully saturated rings. The highest BCUT2D eigenvalue weighted by molar-refractivity contribution is 6.27. The molecule has 0 aromatic heterocycles. The van der Waals surface area contributed by atoms with Gasteiger partial charge in [0.2, 0.25) is 0 Å². The monoisotopic (exact) mass is 443 g/mol. The van der Waals surface area contributed by atoms with Crippen molar-refractivity contribution in [3.63, 3.8) is 0 Å². The molecule has 0 spiro atoms. The zero-order valence-corrected chi connectivity index (χ0v) is 18.1. The first-order valence-corrected chi connectivity index (χ1v) is 10.5. The lowest BCUT2D eigenvalue weighted by Crippen LogP contribution is -2.36. The maximum absolute atomic E-state index is 11.8. The predicted octanol–water partition coefficient (Wildman–Crippen LogP) is 3.20. The number of hydrogen-bond acceptors (Lipinski definition) is 6. The summed E-state index contributed by atoms with van der Waals surface area (Å²) in [5, 5.41) is 14.8. The first-order valence-electron chi connectivity index (χ1n) is 10.5. The van der Waals surface area contributed by atoms with Crippen LogP contribution < -0.4 is 4.74 Å². The van der Waals surface area contributed by atoms with Gasteiger partial charge in [-0.2, -0.15) is 0 Å². The van der Waals surface area contributed by atoms with Gasteiger partial charge >= 0.3 is 17.9 Å². The molecule has 0 aliphatic carbocycles. The number of carbonyl (C=O) groups is 3. The molecule has 0 saturated carbocycles. The quantitative estimate of drug-likeness (QED) is 0.495. The van der Waals surface area contributed by atoms with E-state index in [0.29, 0.717) is 13.2 Å². The van der Waals surface area contributed by atoms with Crippen LogP contribution in [0.4, 0.5) is 0 Å². The topological polar surface area (TPSA) is 113 Å². The molecule has 1 saturated heterocycles. The number of carbonyl (C=O) groups excluding carboxylic acids is 1. The Morgan fingerprint density at radius 2 is 1.56 bits per heavy atom. The Labute approximate surface area is 187 Å². The summed E-state index contributed by atoms with van der Waals surface area (Å²) in [7, 11) is 0. The molecule has 8 heteroatoms. The SMILES string of the molecule is CCOC(=O)C1CCN(Cc2cccc(OCc3ccccc3)c2)CC1.O=C(O)C(=O)O. The first-order chi connectivity index (χ1) is 15.4. The van der Waals surface area contributed by atoms with Crippen LogP contribution in [0.15, 0.2) is 54.6 Å². The maximum atomic E-state index is 11.8. The van der Waals surface area contributed by atoms with Crippen LogP contribution in [0, 0.1) is 5.92 Å². The fourth-order valence-electron chi connectivity index (χ4n) is 3.32. The van der Waals surface area contributed by atoms with Crippen LogP contribution >= 0.6 is 0 Å². The van der Waals surface area contributed by atoms with Gasteiger partial charge in [-0.3, -0.25) is 9.69 Å². The zero-order chi connectivity index (χ0) is 23.3. The number of aliphatic carboxylic acids is 2. The van der Waals surface area contributed by atoms with Crippen molar-refractivity contribution in [3.05, 3.63) is 65.7 Å². The normalized spacial score (nSPS) is 14.0. The van der Waals surface area contributed by atoms with E-state index in [1.54, 1.807) is 0 Å². The van der Waals surface area contributed by atoms with Crippen molar-refractivity contribution in [1.82, 2.24) is 4.90 Å². The van der Waals surface area contributed by atoms with E-state index in [1.165, 1.54) is 11.1 Å². The van der Waals surface area contributed by atoms with Crippen molar-refractivity contribution in [2.45, 2.75) is 32.9 Å². The van der Waals surface area contributed by atoms with Crippen molar-refractivity contribution in [2.24, 2.45) is 5.92 Å². The molecule has 3 rings (SSSR count). The van der Waals surface area contributed by atoms with Crippen molar-refractivity contribution in [1.29, 1.82) is 0 Å². The van der Waals surface area contributed by atoms with Gasteiger partial charge < -0.3 is 19.7 Å². The lowest BCUT2D eigenvalue weighted by Gasteiger charge is -2.30. The number of ether oxygens (including phenoxy) is 2. The standard InChI is InChI=1S/C22H27NO3.C2H2O4/c1-2-25-22(24)20-11-13-23(14-12-20)16-19-9-6-10-21(15-19)26-17-18-7-4-3-5-8-18;3-1(4)2(5)6/h3-10,15,20H,2,11-14,16-17H2,1H3;(H,3,4)(H,5,6). The molecule has 0 unspecified atom stereocenters. The van der Waals surface area contributed by atoms with Crippen LogP contribution in [0.5, 0.6) is 5.75 Å². The summed E-state index contributed by atoms with van der Waals surface area (Å²) in [4.78, 5) is 32.4. The number of carboxylic acids is 2. The Bertz CT molecular complexity index is 865. The largest absolute Gasteiger partial charge is 0.489 e. The lowest BCUT2D eigenvalue weighted by molar-refractivity contribution is -0.159. The van der Waals surface area contributed by atoms with Gasteiger partial charge in [0.25, 0.3) is 0 Å². The summed E-state index contributed by atoms with van der Waals surface area (Å²) in [6.07, 6.45) is 1.76. The first kappa shape index (κ1) is 24.9. The molecule has 2 aromatic rings. The third-order valence-electron chi connectivity index (χ3n) is 4.94. The maximum Gasteiger partial charge on any atom is 0.414 e. The second kappa shape index (κ2) is 13.1. The second-order valence-electron chi connectivity index (χ2n) is 7.33. The van der Waals surface area contributed by atoms with Crippen LogP contribution in [-0.4, -0.2) is 52.7 Å². The van der Waals surface area contributed by atoms with E-state index in [4.69, 9.17) is 29.3 Å². The minimum Gasteiger partial charge on any atom is -0.489 e. The minimum absolute atomic E-state index is 0.0385. The van der Waals surface area contributed by atoms with Crippen LogP contribution in [0.2, 0.25) is 0 Å². The van der Waals surface area contributed by atoms with Gasteiger partial charge in [0.05, 0.1) is 12.5 Å². The molecule has 0 amide bonds. The molecule has 1 aliphatic heterocycles. The summed E-state index contributed by atoms with van der Waals surface area (Å²) in [5.74, 6) is -2.73. The molecule has 32 heavy (non-hydrogen) atoms. The Balaban J connectivity index is 0.000000534. The molecule has 172 valence electrons. The van der Waals surface area contributed by atoms with Gasteiger partial charge in [0, 0.05) is 6.54 Å². The van der Waals surface area contributed by atoms with Crippen LogP contribution in [0.1, 0.15) is 30.9 Å². The molecule has 2 aromatic carbocycles. The van der Waals surface area contributed by atoms with E-state index in [1.807, 2.05) is 37.3 Å². The van der Waals surface area contributed by atoms with Gasteiger partial charge in [0.15, 0.2) is 0 Å². The number of nitrogens with zero attached hydrogens (tertiary/aromatic N) is 1. The summed E-state index contributed by atoms with van der Waals surface area (Å²) >= 11 is 0. The van der Waals surface area contributed by atoms with Gasteiger partial charge in [-0.05, 0) is 56.1 Å². The van der Waals surface area contributed by atoms with E-state index in [2.05, 4.69) is 29.2 Å². The number of likely N-dealkylation sites (tertiary alicyclic amines) is 1. The van der Waals surface area contributed by atoms with Crippen molar-refractivity contribution < 1.29 is 34.1 Å². The molecular formula is C24H29NO7. The van der Waals surface area contributed by atoms with Gasteiger partial charge in [0.1, 0.15) is 12.4 Å². The zero-order valence-electron chi connectivity index (χ0n) is 18.1. The number of hydrogen-bond donors (Lipinski definition) is 2. The summed E-state index contributed by atoms with van der Waals surface area (Å²) in [6.45, 7) is 5.65. The summed E-state index contributed by atoms with van der Waals surface area (Å²) < 4.78 is 11.1. The van der Waals surface area contributed by atoms with E-state index in [0.717, 1.165) is 38.2 Å². The molecule has 0 radical (unpaired) electrons. The fourth-order valence-corrected chi connectivity index (χ4v) is 3.32. The predicted molar refractivity (Wildman–Crippen MR) is 117 cm³/mol. The number of piperidine rings is 1.